The van der Waals surface area contributed by atoms with Crippen LogP contribution in [-0.2, 0) is 0 Å². The summed E-state index contributed by atoms with van der Waals surface area (Å²) in [5.41, 5.74) is 7.88. The molecular weight excluding hydrogens is 335 g/mol. The maximum Gasteiger partial charge on any atom is 0.326 e. The molecule has 1 saturated carbocycles. The second-order valence-electron chi connectivity index (χ2n) is 6.66. The monoisotopic (exact) mass is 354 g/mol. The lowest BCUT2D eigenvalue weighted by Gasteiger charge is -2.11. The lowest BCUT2D eigenvalue weighted by atomic mass is 10.1. The molecule has 4 rings (SSSR count). The number of amides is 1. The topological polar surface area (TPSA) is 92.9 Å². The number of nitrogens with zero attached hydrogens (tertiary/aromatic N) is 1. The maximum absolute atomic E-state index is 13.4. The van der Waals surface area contributed by atoms with E-state index in [0.29, 0.717) is 11.1 Å². The second kappa shape index (κ2) is 6.33. The van der Waals surface area contributed by atoms with Gasteiger partial charge in [-0.25, -0.2) is 9.18 Å². The molecule has 0 spiro atoms. The summed E-state index contributed by atoms with van der Waals surface area (Å²) in [7, 11) is 0. The first kappa shape index (κ1) is 16.4. The van der Waals surface area contributed by atoms with E-state index in [-0.39, 0.29) is 23.1 Å². The van der Waals surface area contributed by atoms with E-state index in [9.17, 15) is 14.0 Å². The van der Waals surface area contributed by atoms with Crippen molar-refractivity contribution in [3.05, 3.63) is 58.3 Å². The Bertz CT molecular complexity index is 1050. The molecule has 0 bridgehead atoms. The molecule has 1 aromatic heterocycles. The standard InChI is InChI=1S/C19H19FN4O2/c20-12-6-7-14(21)15(10-12)22-18(25)11-5-8-17-16(9-11)23-19(26)24(17)13-3-1-2-4-13/h5-10,13H,1-4,21H2,(H,22,25)(H,23,26). The van der Waals surface area contributed by atoms with Gasteiger partial charge in [-0.3, -0.25) is 9.36 Å². The number of H-pyrrole nitrogens is 1. The van der Waals surface area contributed by atoms with Crippen LogP contribution in [0.3, 0.4) is 0 Å². The summed E-state index contributed by atoms with van der Waals surface area (Å²) < 4.78 is 15.1. The molecule has 6 nitrogen and oxygen atoms in total. The van der Waals surface area contributed by atoms with Crippen LogP contribution in [-0.4, -0.2) is 15.5 Å². The molecule has 0 unspecified atom stereocenters. The maximum atomic E-state index is 13.4. The van der Waals surface area contributed by atoms with Crippen LogP contribution < -0.4 is 16.7 Å². The first-order valence-electron chi connectivity index (χ1n) is 8.63. The minimum absolute atomic E-state index is 0.154. The minimum Gasteiger partial charge on any atom is -0.397 e. The van der Waals surface area contributed by atoms with E-state index in [1.165, 1.54) is 18.2 Å². The Morgan fingerprint density at radius 3 is 2.73 bits per heavy atom. The lowest BCUT2D eigenvalue weighted by Crippen LogP contribution is -2.20. The van der Waals surface area contributed by atoms with Gasteiger partial charge in [-0.15, -0.1) is 0 Å². The Hall–Kier alpha value is -3.09. The molecule has 0 atom stereocenters. The molecule has 1 amide bonds. The molecule has 0 saturated heterocycles. The average molecular weight is 354 g/mol. The van der Waals surface area contributed by atoms with E-state index in [1.54, 1.807) is 22.8 Å². The van der Waals surface area contributed by atoms with Gasteiger partial charge in [-0.1, -0.05) is 12.8 Å². The van der Waals surface area contributed by atoms with E-state index >= 15 is 0 Å². The number of hydrogen-bond donors (Lipinski definition) is 3. The summed E-state index contributed by atoms with van der Waals surface area (Å²) in [5.74, 6) is -0.901. The van der Waals surface area contributed by atoms with Crippen molar-refractivity contribution in [2.75, 3.05) is 11.1 Å². The normalized spacial score (nSPS) is 14.8. The second-order valence-corrected chi connectivity index (χ2v) is 6.66. The van der Waals surface area contributed by atoms with E-state index in [4.69, 9.17) is 5.73 Å². The fourth-order valence-corrected chi connectivity index (χ4v) is 3.63. The van der Waals surface area contributed by atoms with Gasteiger partial charge < -0.3 is 16.0 Å². The Morgan fingerprint density at radius 1 is 1.19 bits per heavy atom. The third-order valence-electron chi connectivity index (χ3n) is 4.93. The number of carbonyl (C=O) groups is 1. The Kier molecular flexibility index (Phi) is 3.99. The number of nitrogens with one attached hydrogen (secondary N) is 2. The SMILES string of the molecule is Nc1ccc(F)cc1NC(=O)c1ccc2c(c1)[nH]c(=O)n2C1CCCC1. The average Bonchev–Trinajstić information content (AvgIpc) is 3.23. The fraction of sp³-hybridized carbons (Fsp3) is 0.263. The van der Waals surface area contributed by atoms with Gasteiger partial charge in [0.2, 0.25) is 0 Å². The summed E-state index contributed by atoms with van der Waals surface area (Å²) in [5, 5.41) is 2.61. The third kappa shape index (κ3) is 2.85. The quantitative estimate of drug-likeness (QED) is 0.629. The van der Waals surface area contributed by atoms with Gasteiger partial charge in [0, 0.05) is 11.6 Å². The molecule has 7 heteroatoms. The molecule has 3 aromatic rings. The molecule has 1 aliphatic carbocycles. The van der Waals surface area contributed by atoms with Crippen LogP contribution in [0.4, 0.5) is 15.8 Å². The van der Waals surface area contributed by atoms with E-state index in [1.807, 2.05) is 0 Å². The molecule has 4 N–H and O–H groups in total. The summed E-state index contributed by atoms with van der Waals surface area (Å²) in [4.78, 5) is 27.6. The predicted octanol–water partition coefficient (Wildman–Crippen LogP) is 3.42. The summed E-state index contributed by atoms with van der Waals surface area (Å²) >= 11 is 0. The number of nitrogen functional groups attached to an aromatic ring is 1. The molecule has 0 radical (unpaired) electrons. The molecule has 26 heavy (non-hydrogen) atoms. The Morgan fingerprint density at radius 2 is 1.96 bits per heavy atom. The first-order chi connectivity index (χ1) is 12.5. The van der Waals surface area contributed by atoms with E-state index in [0.717, 1.165) is 31.2 Å². The first-order valence-corrected chi connectivity index (χ1v) is 8.63. The third-order valence-corrected chi connectivity index (χ3v) is 4.93. The number of anilines is 2. The van der Waals surface area contributed by atoms with Crippen LogP contribution in [0, 0.1) is 5.82 Å². The number of aromatic amines is 1. The van der Waals surface area contributed by atoms with Crippen molar-refractivity contribution < 1.29 is 9.18 Å². The molecule has 1 fully saturated rings. The number of aromatic nitrogens is 2. The smallest absolute Gasteiger partial charge is 0.326 e. The van der Waals surface area contributed by atoms with E-state index < -0.39 is 11.7 Å². The van der Waals surface area contributed by atoms with Crippen LogP contribution in [0.1, 0.15) is 42.1 Å². The molecular formula is C19H19FN4O2. The van der Waals surface area contributed by atoms with E-state index in [2.05, 4.69) is 10.3 Å². The van der Waals surface area contributed by atoms with Crippen LogP contribution in [0.2, 0.25) is 0 Å². The number of rotatable bonds is 3. The van der Waals surface area contributed by atoms with Gasteiger partial charge in [0.05, 0.1) is 22.4 Å². The summed E-state index contributed by atoms with van der Waals surface area (Å²) in [6.45, 7) is 0. The number of hydrogen-bond acceptors (Lipinski definition) is 3. The Balaban J connectivity index is 1.66. The van der Waals surface area contributed by atoms with Gasteiger partial charge in [0.15, 0.2) is 0 Å². The van der Waals surface area contributed by atoms with Crippen molar-refractivity contribution in [3.63, 3.8) is 0 Å². The highest BCUT2D eigenvalue weighted by Gasteiger charge is 2.21. The number of benzene rings is 2. The largest absolute Gasteiger partial charge is 0.397 e. The number of fused-ring (bicyclic) bond motifs is 1. The van der Waals surface area contributed by atoms with Crippen molar-refractivity contribution in [1.82, 2.24) is 9.55 Å². The van der Waals surface area contributed by atoms with Gasteiger partial charge >= 0.3 is 5.69 Å². The number of halogens is 1. The molecule has 1 heterocycles. The zero-order chi connectivity index (χ0) is 18.3. The highest BCUT2D eigenvalue weighted by atomic mass is 19.1. The van der Waals surface area contributed by atoms with Gasteiger partial charge in [0.25, 0.3) is 5.91 Å². The van der Waals surface area contributed by atoms with Crippen molar-refractivity contribution in [2.24, 2.45) is 0 Å². The zero-order valence-corrected chi connectivity index (χ0v) is 14.1. The summed E-state index contributed by atoms with van der Waals surface area (Å²) in [6, 6.07) is 9.07. The summed E-state index contributed by atoms with van der Waals surface area (Å²) in [6.07, 6.45) is 4.24. The van der Waals surface area contributed by atoms with Crippen molar-refractivity contribution >= 4 is 28.3 Å². The molecule has 2 aromatic carbocycles. The van der Waals surface area contributed by atoms with Crippen molar-refractivity contribution in [1.29, 1.82) is 0 Å². The zero-order valence-electron chi connectivity index (χ0n) is 14.1. The van der Waals surface area contributed by atoms with Gasteiger partial charge in [0.1, 0.15) is 5.82 Å². The molecule has 134 valence electrons. The van der Waals surface area contributed by atoms with Crippen molar-refractivity contribution in [2.45, 2.75) is 31.7 Å². The van der Waals surface area contributed by atoms with Crippen LogP contribution in [0.5, 0.6) is 0 Å². The minimum atomic E-state index is -0.483. The molecule has 1 aliphatic rings. The molecule has 0 aliphatic heterocycles. The highest BCUT2D eigenvalue weighted by Crippen LogP contribution is 2.31. The lowest BCUT2D eigenvalue weighted by molar-refractivity contribution is 0.102. The Labute approximate surface area is 148 Å². The number of carbonyl (C=O) groups excluding carboxylic acids is 1. The van der Waals surface area contributed by atoms with Crippen LogP contribution >= 0.6 is 0 Å². The van der Waals surface area contributed by atoms with Crippen molar-refractivity contribution in [3.8, 4) is 0 Å². The predicted molar refractivity (Wildman–Crippen MR) is 98.8 cm³/mol. The number of nitrogens with two attached hydrogens (primary N) is 1. The van der Waals surface area contributed by atoms with Crippen LogP contribution in [0.15, 0.2) is 41.2 Å². The number of imidazole rings is 1. The fourth-order valence-electron chi connectivity index (χ4n) is 3.63. The van der Waals surface area contributed by atoms with Crippen LogP contribution in [0.25, 0.3) is 11.0 Å². The highest BCUT2D eigenvalue weighted by molar-refractivity contribution is 6.07. The van der Waals surface area contributed by atoms with Gasteiger partial charge in [-0.2, -0.15) is 0 Å². The van der Waals surface area contributed by atoms with Gasteiger partial charge in [-0.05, 0) is 49.2 Å².